The van der Waals surface area contributed by atoms with Crippen LogP contribution in [0, 0.1) is 13.8 Å². The SMILES string of the molecule is Cc1ccc2nc(C)c(C(=O)Nc3ccc(CN4C(=O)CCC4=O)cc3)cc2c1. The van der Waals surface area contributed by atoms with Crippen molar-refractivity contribution in [3.8, 4) is 0 Å². The van der Waals surface area contributed by atoms with Crippen molar-refractivity contribution in [1.29, 1.82) is 0 Å². The molecule has 29 heavy (non-hydrogen) atoms. The van der Waals surface area contributed by atoms with Crippen LogP contribution < -0.4 is 5.32 Å². The number of aryl methyl sites for hydroxylation is 2. The fraction of sp³-hybridized carbons (Fsp3) is 0.217. The van der Waals surface area contributed by atoms with E-state index >= 15 is 0 Å². The second kappa shape index (κ2) is 7.47. The van der Waals surface area contributed by atoms with E-state index in [1.54, 1.807) is 12.1 Å². The van der Waals surface area contributed by atoms with Crippen molar-refractivity contribution in [2.45, 2.75) is 33.2 Å². The molecule has 0 aliphatic carbocycles. The highest BCUT2D eigenvalue weighted by molar-refractivity contribution is 6.07. The van der Waals surface area contributed by atoms with Gasteiger partial charge in [-0.25, -0.2) is 0 Å². The van der Waals surface area contributed by atoms with Gasteiger partial charge in [0, 0.05) is 23.9 Å². The molecule has 1 aliphatic rings. The Labute approximate surface area is 168 Å². The Bertz CT molecular complexity index is 1120. The molecule has 1 aromatic heterocycles. The topological polar surface area (TPSA) is 79.4 Å². The van der Waals surface area contributed by atoms with Crippen LogP contribution in [-0.4, -0.2) is 27.6 Å². The molecule has 0 radical (unpaired) electrons. The van der Waals surface area contributed by atoms with Crippen molar-refractivity contribution in [3.63, 3.8) is 0 Å². The molecular formula is C23H21N3O3. The van der Waals surface area contributed by atoms with Crippen LogP contribution in [0.5, 0.6) is 0 Å². The van der Waals surface area contributed by atoms with Gasteiger partial charge in [-0.15, -0.1) is 0 Å². The van der Waals surface area contributed by atoms with Crippen molar-refractivity contribution in [2.75, 3.05) is 5.32 Å². The number of fused-ring (bicyclic) bond motifs is 1. The Morgan fingerprint density at radius 3 is 2.38 bits per heavy atom. The number of rotatable bonds is 4. The summed E-state index contributed by atoms with van der Waals surface area (Å²) in [5.41, 5.74) is 4.65. The van der Waals surface area contributed by atoms with Crippen LogP contribution in [0.4, 0.5) is 5.69 Å². The summed E-state index contributed by atoms with van der Waals surface area (Å²) >= 11 is 0. The standard InChI is InChI=1S/C23H21N3O3/c1-14-3-8-20-17(11-14)12-19(15(2)24-20)23(29)25-18-6-4-16(5-7-18)13-26-21(27)9-10-22(26)28/h3-8,11-12H,9-10,13H2,1-2H3,(H,25,29). The van der Waals surface area contributed by atoms with Gasteiger partial charge in [0.2, 0.25) is 11.8 Å². The van der Waals surface area contributed by atoms with Crippen molar-refractivity contribution >= 4 is 34.3 Å². The Hall–Kier alpha value is -3.54. The number of carbonyl (C=O) groups is 3. The van der Waals surface area contributed by atoms with Crippen LogP contribution in [0.25, 0.3) is 10.9 Å². The number of hydrogen-bond acceptors (Lipinski definition) is 4. The van der Waals surface area contributed by atoms with E-state index in [0.717, 1.165) is 22.0 Å². The minimum Gasteiger partial charge on any atom is -0.322 e. The lowest BCUT2D eigenvalue weighted by atomic mass is 10.1. The molecule has 1 aliphatic heterocycles. The second-order valence-electron chi connectivity index (χ2n) is 7.34. The molecule has 0 atom stereocenters. The number of likely N-dealkylation sites (tertiary alicyclic amines) is 1. The maximum Gasteiger partial charge on any atom is 0.257 e. The molecular weight excluding hydrogens is 366 g/mol. The highest BCUT2D eigenvalue weighted by Gasteiger charge is 2.28. The van der Waals surface area contributed by atoms with E-state index in [2.05, 4.69) is 10.3 Å². The van der Waals surface area contributed by atoms with Crippen molar-refractivity contribution < 1.29 is 14.4 Å². The quantitative estimate of drug-likeness (QED) is 0.692. The van der Waals surface area contributed by atoms with Gasteiger partial charge < -0.3 is 5.32 Å². The fourth-order valence-corrected chi connectivity index (χ4v) is 3.50. The number of hydrogen-bond donors (Lipinski definition) is 1. The van der Waals surface area contributed by atoms with Gasteiger partial charge in [-0.2, -0.15) is 0 Å². The Morgan fingerprint density at radius 1 is 1.00 bits per heavy atom. The van der Waals surface area contributed by atoms with E-state index in [1.165, 1.54) is 4.90 Å². The zero-order valence-electron chi connectivity index (χ0n) is 16.4. The number of anilines is 1. The lowest BCUT2D eigenvalue weighted by molar-refractivity contribution is -0.139. The zero-order chi connectivity index (χ0) is 20.5. The predicted octanol–water partition coefficient (Wildman–Crippen LogP) is 3.75. The molecule has 2 aromatic carbocycles. The number of aromatic nitrogens is 1. The van der Waals surface area contributed by atoms with E-state index in [1.807, 2.05) is 50.2 Å². The first-order chi connectivity index (χ1) is 13.9. The van der Waals surface area contributed by atoms with Crippen LogP contribution >= 0.6 is 0 Å². The number of nitrogens with zero attached hydrogens (tertiary/aromatic N) is 2. The number of carbonyl (C=O) groups excluding carboxylic acids is 3. The van der Waals surface area contributed by atoms with Crippen LogP contribution in [0.2, 0.25) is 0 Å². The summed E-state index contributed by atoms with van der Waals surface area (Å²) in [6.07, 6.45) is 0.567. The molecule has 4 rings (SSSR count). The molecule has 2 heterocycles. The summed E-state index contributed by atoms with van der Waals surface area (Å²) in [5.74, 6) is -0.500. The van der Waals surface area contributed by atoms with Gasteiger partial charge in [0.1, 0.15) is 0 Å². The van der Waals surface area contributed by atoms with E-state index in [9.17, 15) is 14.4 Å². The third kappa shape index (κ3) is 3.87. The van der Waals surface area contributed by atoms with Crippen LogP contribution in [0.15, 0.2) is 48.5 Å². The van der Waals surface area contributed by atoms with Gasteiger partial charge in [0.05, 0.1) is 23.3 Å². The largest absolute Gasteiger partial charge is 0.322 e. The minimum absolute atomic E-state index is 0.137. The van der Waals surface area contributed by atoms with Crippen molar-refractivity contribution in [3.05, 3.63) is 70.9 Å². The first kappa shape index (κ1) is 18.8. The van der Waals surface area contributed by atoms with Crippen LogP contribution in [0.1, 0.15) is 40.0 Å². The molecule has 0 bridgehead atoms. The maximum absolute atomic E-state index is 12.8. The second-order valence-corrected chi connectivity index (χ2v) is 7.34. The molecule has 3 aromatic rings. The molecule has 6 heteroatoms. The van der Waals surface area contributed by atoms with Crippen molar-refractivity contribution in [1.82, 2.24) is 9.88 Å². The summed E-state index contributed by atoms with van der Waals surface area (Å²) in [5, 5.41) is 3.82. The number of pyridine rings is 1. The van der Waals surface area contributed by atoms with Gasteiger partial charge >= 0.3 is 0 Å². The lowest BCUT2D eigenvalue weighted by Crippen LogP contribution is -2.28. The minimum atomic E-state index is -0.226. The molecule has 0 unspecified atom stereocenters. The Balaban J connectivity index is 1.50. The van der Waals surface area contributed by atoms with Crippen molar-refractivity contribution in [2.24, 2.45) is 0 Å². The first-order valence-electron chi connectivity index (χ1n) is 9.52. The summed E-state index contributed by atoms with van der Waals surface area (Å²) in [6, 6.07) is 15.0. The third-order valence-electron chi connectivity index (χ3n) is 5.11. The highest BCUT2D eigenvalue weighted by atomic mass is 16.2. The first-order valence-corrected chi connectivity index (χ1v) is 9.52. The average Bonchev–Trinajstić information content (AvgIpc) is 3.01. The molecule has 1 saturated heterocycles. The molecule has 6 nitrogen and oxygen atoms in total. The number of benzene rings is 2. The summed E-state index contributed by atoms with van der Waals surface area (Å²) < 4.78 is 0. The smallest absolute Gasteiger partial charge is 0.257 e. The van der Waals surface area contributed by atoms with Crippen LogP contribution in [0.3, 0.4) is 0 Å². The predicted molar refractivity (Wildman–Crippen MR) is 110 cm³/mol. The Kier molecular flexibility index (Phi) is 4.84. The molecule has 0 saturated carbocycles. The lowest BCUT2D eigenvalue weighted by Gasteiger charge is -2.14. The molecule has 3 amide bonds. The number of nitrogens with one attached hydrogen (secondary N) is 1. The van der Waals surface area contributed by atoms with Crippen LogP contribution in [-0.2, 0) is 16.1 Å². The summed E-state index contributed by atoms with van der Waals surface area (Å²) in [4.78, 5) is 42.1. The molecule has 1 N–H and O–H groups in total. The monoisotopic (exact) mass is 387 g/mol. The van der Waals surface area contributed by atoms with Gasteiger partial charge in [-0.05, 0) is 49.7 Å². The maximum atomic E-state index is 12.8. The van der Waals surface area contributed by atoms with Gasteiger partial charge in [-0.1, -0.05) is 23.8 Å². The van der Waals surface area contributed by atoms with E-state index in [4.69, 9.17) is 0 Å². The molecule has 0 spiro atoms. The van der Waals surface area contributed by atoms with E-state index < -0.39 is 0 Å². The third-order valence-corrected chi connectivity index (χ3v) is 5.11. The van der Waals surface area contributed by atoms with E-state index in [0.29, 0.717) is 16.9 Å². The molecule has 146 valence electrons. The number of amides is 3. The summed E-state index contributed by atoms with van der Waals surface area (Å²) in [7, 11) is 0. The van der Waals surface area contributed by atoms with Gasteiger partial charge in [-0.3, -0.25) is 24.3 Å². The van der Waals surface area contributed by atoms with E-state index in [-0.39, 0.29) is 37.1 Å². The molecule has 1 fully saturated rings. The zero-order valence-corrected chi connectivity index (χ0v) is 16.4. The summed E-state index contributed by atoms with van der Waals surface area (Å²) in [6.45, 7) is 4.09. The van der Waals surface area contributed by atoms with Gasteiger partial charge in [0.25, 0.3) is 5.91 Å². The van der Waals surface area contributed by atoms with Gasteiger partial charge in [0.15, 0.2) is 0 Å². The highest BCUT2D eigenvalue weighted by Crippen LogP contribution is 2.21. The number of imide groups is 1. The fourth-order valence-electron chi connectivity index (χ4n) is 3.50. The average molecular weight is 387 g/mol. The normalized spacial score (nSPS) is 13.9. The Morgan fingerprint density at radius 2 is 1.69 bits per heavy atom.